The van der Waals surface area contributed by atoms with Crippen LogP contribution in [0.15, 0.2) is 24.4 Å². The predicted octanol–water partition coefficient (Wildman–Crippen LogP) is 4.14. The molecule has 102 valence electrons. The molecule has 1 heterocycles. The number of aromatic nitrogens is 1. The van der Waals surface area contributed by atoms with Gasteiger partial charge in [-0.2, -0.15) is 0 Å². The highest BCUT2D eigenvalue weighted by molar-refractivity contribution is 7.15. The summed E-state index contributed by atoms with van der Waals surface area (Å²) in [6.07, 6.45) is 1.92. The van der Waals surface area contributed by atoms with Crippen molar-refractivity contribution in [3.05, 3.63) is 34.3 Å². The number of hydrogen-bond acceptors (Lipinski definition) is 4. The Balaban J connectivity index is 2.25. The molecule has 0 amide bonds. The maximum absolute atomic E-state index is 6.14. The Bertz CT molecular complexity index is 556. The number of nitrogens with one attached hydrogen (secondary N) is 1. The molecule has 5 heteroatoms. The van der Waals surface area contributed by atoms with E-state index in [1.54, 1.807) is 18.4 Å². The number of rotatable bonds is 5. The molecule has 1 N–H and O–H groups in total. The first-order valence-electron chi connectivity index (χ1n) is 6.18. The van der Waals surface area contributed by atoms with Crippen LogP contribution >= 0.6 is 22.9 Å². The Morgan fingerprint density at radius 3 is 2.89 bits per heavy atom. The van der Waals surface area contributed by atoms with Gasteiger partial charge in [0.1, 0.15) is 10.8 Å². The summed E-state index contributed by atoms with van der Waals surface area (Å²) in [6.45, 7) is 5.19. The van der Waals surface area contributed by atoms with Crippen LogP contribution in [0.5, 0.6) is 5.75 Å². The van der Waals surface area contributed by atoms with Crippen molar-refractivity contribution in [1.82, 2.24) is 10.3 Å². The second-order valence-corrected chi connectivity index (χ2v) is 5.67. The van der Waals surface area contributed by atoms with Gasteiger partial charge in [0.25, 0.3) is 0 Å². The lowest BCUT2D eigenvalue weighted by Gasteiger charge is -2.08. The molecule has 0 aliphatic heterocycles. The Morgan fingerprint density at radius 2 is 2.26 bits per heavy atom. The minimum atomic E-state index is 0.324. The Labute approximate surface area is 122 Å². The van der Waals surface area contributed by atoms with Gasteiger partial charge in [0.15, 0.2) is 0 Å². The SMILES string of the molecule is CCNC(C)c1cnc(-c2ccc(OC)c(Cl)c2)s1. The van der Waals surface area contributed by atoms with Gasteiger partial charge in [-0.05, 0) is 31.7 Å². The van der Waals surface area contributed by atoms with E-state index in [4.69, 9.17) is 16.3 Å². The summed E-state index contributed by atoms with van der Waals surface area (Å²) >= 11 is 7.82. The standard InChI is InChI=1S/C14H17ClN2OS/c1-4-16-9(2)13-8-17-14(19-13)10-5-6-12(18-3)11(15)7-10/h5-9,16H,4H2,1-3H3. The van der Waals surface area contributed by atoms with Gasteiger partial charge in [0.05, 0.1) is 12.1 Å². The van der Waals surface area contributed by atoms with Crippen LogP contribution in [0.25, 0.3) is 10.6 Å². The van der Waals surface area contributed by atoms with Crippen LogP contribution in [0, 0.1) is 0 Å². The Morgan fingerprint density at radius 1 is 1.47 bits per heavy atom. The molecule has 1 unspecified atom stereocenters. The van der Waals surface area contributed by atoms with E-state index in [2.05, 4.69) is 24.1 Å². The largest absolute Gasteiger partial charge is 0.495 e. The highest BCUT2D eigenvalue weighted by atomic mass is 35.5. The average Bonchev–Trinajstić information content (AvgIpc) is 2.88. The van der Waals surface area contributed by atoms with Crippen molar-refractivity contribution >= 4 is 22.9 Å². The van der Waals surface area contributed by atoms with Gasteiger partial charge in [-0.25, -0.2) is 4.98 Å². The van der Waals surface area contributed by atoms with Crippen molar-refractivity contribution < 1.29 is 4.74 Å². The molecule has 19 heavy (non-hydrogen) atoms. The molecular formula is C14H17ClN2OS. The van der Waals surface area contributed by atoms with Crippen LogP contribution in [0.4, 0.5) is 0 Å². The monoisotopic (exact) mass is 296 g/mol. The van der Waals surface area contributed by atoms with E-state index >= 15 is 0 Å². The second-order valence-electron chi connectivity index (χ2n) is 4.20. The smallest absolute Gasteiger partial charge is 0.137 e. The van der Waals surface area contributed by atoms with Crippen LogP contribution in [0.1, 0.15) is 24.8 Å². The number of thiazole rings is 1. The van der Waals surface area contributed by atoms with Crippen LogP contribution < -0.4 is 10.1 Å². The first-order valence-corrected chi connectivity index (χ1v) is 7.38. The highest BCUT2D eigenvalue weighted by Crippen LogP contribution is 2.33. The van der Waals surface area contributed by atoms with Crippen molar-refractivity contribution in [2.24, 2.45) is 0 Å². The topological polar surface area (TPSA) is 34.2 Å². The second kappa shape index (κ2) is 6.37. The van der Waals surface area contributed by atoms with E-state index in [1.165, 1.54) is 4.88 Å². The first kappa shape index (κ1) is 14.3. The zero-order valence-corrected chi connectivity index (χ0v) is 12.8. The van der Waals surface area contributed by atoms with E-state index < -0.39 is 0 Å². The van der Waals surface area contributed by atoms with Crippen LogP contribution in [0.2, 0.25) is 5.02 Å². The summed E-state index contributed by atoms with van der Waals surface area (Å²) < 4.78 is 5.15. The van der Waals surface area contributed by atoms with Gasteiger partial charge in [-0.3, -0.25) is 0 Å². The summed E-state index contributed by atoms with van der Waals surface area (Å²) in [7, 11) is 1.61. The first-order chi connectivity index (χ1) is 9.15. The minimum Gasteiger partial charge on any atom is -0.495 e. The maximum atomic E-state index is 6.14. The Hall–Kier alpha value is -1.10. The molecule has 0 bridgehead atoms. The normalized spacial score (nSPS) is 12.4. The Kier molecular flexibility index (Phi) is 4.80. The predicted molar refractivity (Wildman–Crippen MR) is 81.2 cm³/mol. The third kappa shape index (κ3) is 3.26. The molecule has 2 aromatic rings. The minimum absolute atomic E-state index is 0.324. The van der Waals surface area contributed by atoms with Gasteiger partial charge in [-0.15, -0.1) is 11.3 Å². The molecule has 1 aromatic carbocycles. The van der Waals surface area contributed by atoms with Gasteiger partial charge < -0.3 is 10.1 Å². The summed E-state index contributed by atoms with van der Waals surface area (Å²) in [4.78, 5) is 5.69. The average molecular weight is 297 g/mol. The molecule has 0 spiro atoms. The lowest BCUT2D eigenvalue weighted by atomic mass is 10.2. The molecule has 1 aromatic heterocycles. The van der Waals surface area contributed by atoms with E-state index in [9.17, 15) is 0 Å². The summed E-state index contributed by atoms with van der Waals surface area (Å²) in [6, 6.07) is 6.06. The number of methoxy groups -OCH3 is 1. The van der Waals surface area contributed by atoms with E-state index in [1.807, 2.05) is 24.4 Å². The molecule has 0 radical (unpaired) electrons. The van der Waals surface area contributed by atoms with Crippen molar-refractivity contribution in [2.75, 3.05) is 13.7 Å². The molecule has 0 saturated heterocycles. The van der Waals surface area contributed by atoms with Crippen LogP contribution in [0.3, 0.4) is 0 Å². The fourth-order valence-corrected chi connectivity index (χ4v) is 3.02. The molecular weight excluding hydrogens is 280 g/mol. The number of halogens is 1. The van der Waals surface area contributed by atoms with Gasteiger partial charge in [-0.1, -0.05) is 18.5 Å². The lowest BCUT2D eigenvalue weighted by Crippen LogP contribution is -2.16. The van der Waals surface area contributed by atoms with Gasteiger partial charge in [0, 0.05) is 22.7 Å². The fraction of sp³-hybridized carbons (Fsp3) is 0.357. The molecule has 0 aliphatic rings. The summed E-state index contributed by atoms with van der Waals surface area (Å²) in [5.74, 6) is 0.684. The molecule has 0 aliphatic carbocycles. The number of nitrogens with zero attached hydrogens (tertiary/aromatic N) is 1. The van der Waals surface area contributed by atoms with Crippen molar-refractivity contribution in [2.45, 2.75) is 19.9 Å². The number of hydrogen-bond donors (Lipinski definition) is 1. The van der Waals surface area contributed by atoms with Crippen LogP contribution in [-0.2, 0) is 0 Å². The van der Waals surface area contributed by atoms with Gasteiger partial charge in [0.2, 0.25) is 0 Å². The lowest BCUT2D eigenvalue weighted by molar-refractivity contribution is 0.415. The molecule has 1 atom stereocenters. The van der Waals surface area contributed by atoms with E-state index in [-0.39, 0.29) is 0 Å². The molecule has 3 nitrogen and oxygen atoms in total. The fourth-order valence-electron chi connectivity index (χ4n) is 1.83. The van der Waals surface area contributed by atoms with Gasteiger partial charge >= 0.3 is 0 Å². The quantitative estimate of drug-likeness (QED) is 0.900. The van der Waals surface area contributed by atoms with Crippen molar-refractivity contribution in [3.63, 3.8) is 0 Å². The van der Waals surface area contributed by atoms with E-state index in [0.29, 0.717) is 16.8 Å². The third-order valence-electron chi connectivity index (χ3n) is 2.86. The maximum Gasteiger partial charge on any atom is 0.137 e. The summed E-state index contributed by atoms with van der Waals surface area (Å²) in [5.41, 5.74) is 1.02. The van der Waals surface area contributed by atoms with Crippen molar-refractivity contribution in [1.29, 1.82) is 0 Å². The number of benzene rings is 1. The molecule has 2 rings (SSSR count). The zero-order valence-electron chi connectivity index (χ0n) is 11.2. The molecule has 0 saturated carbocycles. The number of ether oxygens (including phenoxy) is 1. The van der Waals surface area contributed by atoms with Crippen molar-refractivity contribution in [3.8, 4) is 16.3 Å². The molecule has 0 fully saturated rings. The zero-order chi connectivity index (χ0) is 13.8. The van der Waals surface area contributed by atoms with Crippen LogP contribution in [-0.4, -0.2) is 18.6 Å². The van der Waals surface area contributed by atoms with E-state index in [0.717, 1.165) is 17.1 Å². The third-order valence-corrected chi connectivity index (χ3v) is 4.38. The highest BCUT2D eigenvalue weighted by Gasteiger charge is 2.11. The summed E-state index contributed by atoms with van der Waals surface area (Å²) in [5, 5.41) is 4.96.